The van der Waals surface area contributed by atoms with Crippen molar-refractivity contribution in [3.8, 4) is 17.2 Å². The van der Waals surface area contributed by atoms with E-state index in [2.05, 4.69) is 27.9 Å². The number of carbonyl (C=O) groups excluding carboxylic acids is 2. The number of hydrogen-bond acceptors (Lipinski definition) is 6. The first-order valence-electron chi connectivity index (χ1n) is 12.3. The fourth-order valence-corrected chi connectivity index (χ4v) is 6.70. The Morgan fingerprint density at radius 1 is 1.10 bits per heavy atom. The number of carbonyl (C=O) groups is 2. The van der Waals surface area contributed by atoms with E-state index in [1.165, 1.54) is 13.2 Å². The zero-order valence-electron chi connectivity index (χ0n) is 21.6. The second-order valence-corrected chi connectivity index (χ2v) is 11.2. The van der Waals surface area contributed by atoms with Crippen LogP contribution in [0.1, 0.15) is 23.5 Å². The fourth-order valence-electron chi connectivity index (χ4n) is 5.79. The van der Waals surface area contributed by atoms with Crippen molar-refractivity contribution in [3.63, 3.8) is 0 Å². The number of halogens is 3. The van der Waals surface area contributed by atoms with E-state index in [1.54, 1.807) is 61.7 Å². The number of fused-ring (bicyclic) bond motifs is 1. The van der Waals surface area contributed by atoms with Gasteiger partial charge in [0.1, 0.15) is 5.75 Å². The number of nitrogens with one attached hydrogen (secondary N) is 1. The van der Waals surface area contributed by atoms with Crippen LogP contribution in [0.2, 0.25) is 10.0 Å². The van der Waals surface area contributed by atoms with Crippen LogP contribution in [0.25, 0.3) is 0 Å². The number of nitrogens with zero attached hydrogens (tertiary/aromatic N) is 1. The van der Waals surface area contributed by atoms with Crippen LogP contribution in [0.4, 0.5) is 5.69 Å². The first kappa shape index (κ1) is 28.1. The topological polar surface area (TPSA) is 88.1 Å². The average Bonchev–Trinajstić information content (AvgIpc) is 3.17. The van der Waals surface area contributed by atoms with E-state index in [0.29, 0.717) is 37.6 Å². The number of allylic oxidation sites excluding steroid dienone is 3. The molecule has 1 aliphatic heterocycles. The van der Waals surface area contributed by atoms with Gasteiger partial charge in [-0.1, -0.05) is 70.0 Å². The summed E-state index contributed by atoms with van der Waals surface area (Å²) in [6.07, 6.45) is 3.82. The summed E-state index contributed by atoms with van der Waals surface area (Å²) >= 11 is 16.0. The maximum Gasteiger partial charge on any atom is 0.260 e. The summed E-state index contributed by atoms with van der Waals surface area (Å²) in [6.45, 7) is 4.00. The standard InChI is InChI=1S/C30H25BrCl2N2O5/c1-4-16-5-11-22-28(37)35(34-24-12-8-19(32)15-23(24)33)29(38)30(22,17-6-9-20(39-2)10-7-17)26(16)21-13-18(31)14-25(40-3)27(21)36/h4-10,12-15,22,26,34,36H,1,11H2,2-3H3/t22-,26+,30+/m0/s1. The number of imide groups is 1. The third kappa shape index (κ3) is 4.35. The molecule has 0 unspecified atom stereocenters. The van der Waals surface area contributed by atoms with E-state index in [9.17, 15) is 14.7 Å². The molecule has 0 spiro atoms. The quantitative estimate of drug-likeness (QED) is 0.269. The van der Waals surface area contributed by atoms with E-state index in [1.807, 2.05) is 6.08 Å². The largest absolute Gasteiger partial charge is 0.504 e. The highest BCUT2D eigenvalue weighted by molar-refractivity contribution is 9.10. The van der Waals surface area contributed by atoms with Crippen LogP contribution in [0.15, 0.2) is 83.4 Å². The number of benzene rings is 3. The molecule has 1 saturated heterocycles. The molecule has 0 radical (unpaired) electrons. The van der Waals surface area contributed by atoms with Crippen molar-refractivity contribution >= 4 is 56.6 Å². The van der Waals surface area contributed by atoms with Gasteiger partial charge in [-0.05, 0) is 60.0 Å². The molecule has 2 amide bonds. The predicted octanol–water partition coefficient (Wildman–Crippen LogP) is 7.03. The summed E-state index contributed by atoms with van der Waals surface area (Å²) in [7, 11) is 3.00. The Labute approximate surface area is 250 Å². The van der Waals surface area contributed by atoms with Crippen molar-refractivity contribution in [2.75, 3.05) is 19.6 Å². The van der Waals surface area contributed by atoms with Crippen molar-refractivity contribution in [3.05, 3.63) is 105 Å². The van der Waals surface area contributed by atoms with Crippen molar-refractivity contribution in [1.29, 1.82) is 0 Å². The average molecular weight is 644 g/mol. The molecule has 206 valence electrons. The van der Waals surface area contributed by atoms with E-state index < -0.39 is 29.1 Å². The number of ether oxygens (including phenoxy) is 2. The molecule has 0 aromatic heterocycles. The molecule has 2 N–H and O–H groups in total. The minimum Gasteiger partial charge on any atom is -0.504 e. The Morgan fingerprint density at radius 3 is 2.45 bits per heavy atom. The normalized spacial score (nSPS) is 22.0. The van der Waals surface area contributed by atoms with Crippen molar-refractivity contribution in [1.82, 2.24) is 5.01 Å². The van der Waals surface area contributed by atoms with E-state index in [0.717, 1.165) is 5.01 Å². The highest BCUT2D eigenvalue weighted by Gasteiger charge is 2.66. The molecule has 3 aromatic carbocycles. The molecule has 1 heterocycles. The van der Waals surface area contributed by atoms with E-state index in [4.69, 9.17) is 32.7 Å². The molecule has 1 fully saturated rings. The van der Waals surface area contributed by atoms with Gasteiger partial charge >= 0.3 is 0 Å². The molecule has 3 atom stereocenters. The number of phenols is 1. The molecule has 2 aliphatic rings. The molecule has 1 aliphatic carbocycles. The molecule has 10 heteroatoms. The monoisotopic (exact) mass is 642 g/mol. The summed E-state index contributed by atoms with van der Waals surface area (Å²) in [6, 6.07) is 15.1. The predicted molar refractivity (Wildman–Crippen MR) is 158 cm³/mol. The third-order valence-electron chi connectivity index (χ3n) is 7.57. The van der Waals surface area contributed by atoms with Gasteiger partial charge in [0, 0.05) is 21.0 Å². The van der Waals surface area contributed by atoms with Gasteiger partial charge in [0.25, 0.3) is 11.8 Å². The number of methoxy groups -OCH3 is 2. The molecule has 5 rings (SSSR count). The van der Waals surface area contributed by atoms with Gasteiger partial charge in [-0.15, -0.1) is 0 Å². The summed E-state index contributed by atoms with van der Waals surface area (Å²) in [5.74, 6) is -1.87. The third-order valence-corrected chi connectivity index (χ3v) is 8.58. The van der Waals surface area contributed by atoms with Gasteiger partial charge in [0.05, 0.1) is 36.3 Å². The van der Waals surface area contributed by atoms with Crippen molar-refractivity contribution < 1.29 is 24.2 Å². The lowest BCUT2D eigenvalue weighted by molar-refractivity contribution is -0.138. The molecular weight excluding hydrogens is 619 g/mol. The smallest absolute Gasteiger partial charge is 0.260 e. The number of hydrogen-bond donors (Lipinski definition) is 2. The van der Waals surface area contributed by atoms with Crippen LogP contribution >= 0.6 is 39.1 Å². The first-order valence-corrected chi connectivity index (χ1v) is 13.9. The number of amides is 2. The molecule has 0 saturated carbocycles. The Morgan fingerprint density at radius 2 is 1.82 bits per heavy atom. The zero-order valence-corrected chi connectivity index (χ0v) is 24.7. The minimum absolute atomic E-state index is 0.135. The maximum absolute atomic E-state index is 14.8. The summed E-state index contributed by atoms with van der Waals surface area (Å²) in [4.78, 5) is 28.8. The van der Waals surface area contributed by atoms with Gasteiger partial charge < -0.3 is 14.6 Å². The van der Waals surface area contributed by atoms with Crippen molar-refractivity contribution in [2.24, 2.45) is 5.92 Å². The highest BCUT2D eigenvalue weighted by Crippen LogP contribution is 2.60. The Kier molecular flexibility index (Phi) is 7.61. The number of anilines is 1. The maximum atomic E-state index is 14.8. The van der Waals surface area contributed by atoms with Gasteiger partial charge in [0.15, 0.2) is 11.5 Å². The second kappa shape index (κ2) is 10.8. The number of aromatic hydroxyl groups is 1. The van der Waals surface area contributed by atoms with Crippen molar-refractivity contribution in [2.45, 2.75) is 17.8 Å². The highest BCUT2D eigenvalue weighted by atomic mass is 79.9. The second-order valence-electron chi connectivity index (χ2n) is 9.49. The molecular formula is C30H25BrCl2N2O5. The number of hydrazine groups is 1. The van der Waals surface area contributed by atoms with Crippen LogP contribution in [0.5, 0.6) is 17.2 Å². The van der Waals surface area contributed by atoms with Gasteiger partial charge in [0.2, 0.25) is 0 Å². The van der Waals surface area contributed by atoms with Gasteiger partial charge in [-0.2, -0.15) is 5.01 Å². The number of phenolic OH excluding ortho intramolecular Hbond substituents is 1. The van der Waals surface area contributed by atoms with E-state index in [-0.39, 0.29) is 22.9 Å². The van der Waals surface area contributed by atoms with Crippen LogP contribution in [0, 0.1) is 5.92 Å². The lowest BCUT2D eigenvalue weighted by Crippen LogP contribution is -2.48. The van der Waals surface area contributed by atoms with Crippen LogP contribution < -0.4 is 14.9 Å². The zero-order chi connectivity index (χ0) is 28.8. The first-order chi connectivity index (χ1) is 19.2. The summed E-state index contributed by atoms with van der Waals surface area (Å²) < 4.78 is 11.4. The molecule has 7 nitrogen and oxygen atoms in total. The number of rotatable bonds is 7. The Bertz CT molecular complexity index is 1560. The Balaban J connectivity index is 1.78. The minimum atomic E-state index is -1.46. The lowest BCUT2D eigenvalue weighted by atomic mass is 9.56. The SMILES string of the molecule is C=CC1=CC[C@H]2C(=O)N(Nc3ccc(Cl)cc3Cl)C(=O)[C@@]2(c2ccc(OC)cc2)[C@H]1c1cc(Br)cc(OC)c1O. The van der Waals surface area contributed by atoms with Crippen LogP contribution in [-0.4, -0.2) is 36.1 Å². The summed E-state index contributed by atoms with van der Waals surface area (Å²) in [5, 5.41) is 13.1. The Hall–Kier alpha value is -3.46. The molecule has 40 heavy (non-hydrogen) atoms. The molecule has 0 bridgehead atoms. The van der Waals surface area contributed by atoms with Crippen LogP contribution in [0.3, 0.4) is 0 Å². The fraction of sp³-hybridized carbons (Fsp3) is 0.200. The summed E-state index contributed by atoms with van der Waals surface area (Å²) in [5.41, 5.74) is 3.50. The molecule has 3 aromatic rings. The lowest BCUT2D eigenvalue weighted by Gasteiger charge is -2.43. The van der Waals surface area contributed by atoms with Gasteiger partial charge in [-0.25, -0.2) is 0 Å². The van der Waals surface area contributed by atoms with Crippen LogP contribution in [-0.2, 0) is 15.0 Å². The van der Waals surface area contributed by atoms with E-state index >= 15 is 0 Å². The van der Waals surface area contributed by atoms with Gasteiger partial charge in [-0.3, -0.25) is 15.0 Å².